The van der Waals surface area contributed by atoms with E-state index in [1.165, 1.54) is 0 Å². The monoisotopic (exact) mass is 598 g/mol. The van der Waals surface area contributed by atoms with Crippen LogP contribution in [0.4, 0.5) is 28.8 Å². The van der Waals surface area contributed by atoms with E-state index < -0.39 is 0 Å². The number of nitrogens with zero attached hydrogens (tertiary/aromatic N) is 7. The van der Waals surface area contributed by atoms with Gasteiger partial charge in [-0.1, -0.05) is 12.1 Å². The number of amides is 2. The molecule has 44 heavy (non-hydrogen) atoms. The van der Waals surface area contributed by atoms with Crippen LogP contribution in [0.5, 0.6) is 5.75 Å². The van der Waals surface area contributed by atoms with Crippen molar-refractivity contribution in [3.8, 4) is 5.75 Å². The van der Waals surface area contributed by atoms with Crippen molar-refractivity contribution in [3.05, 3.63) is 59.8 Å². The maximum Gasteiger partial charge on any atom is 0.260 e. The highest BCUT2D eigenvalue weighted by Gasteiger charge is 2.32. The van der Waals surface area contributed by atoms with E-state index in [2.05, 4.69) is 45.9 Å². The molecular weight excluding hydrogens is 556 g/mol. The lowest BCUT2D eigenvalue weighted by molar-refractivity contribution is 0.0518. The van der Waals surface area contributed by atoms with E-state index >= 15 is 0 Å². The predicted molar refractivity (Wildman–Crippen MR) is 173 cm³/mol. The Bertz CT molecular complexity index is 1530. The van der Waals surface area contributed by atoms with Crippen LogP contribution in [0.25, 0.3) is 0 Å². The first-order valence-corrected chi connectivity index (χ1v) is 15.5. The number of fused-ring (bicyclic) bond motifs is 2. The fourth-order valence-electron chi connectivity index (χ4n) is 6.48. The number of carbonyl (C=O) groups is 2. The third kappa shape index (κ3) is 5.69. The van der Waals surface area contributed by atoms with Crippen molar-refractivity contribution in [2.24, 2.45) is 0 Å². The molecule has 3 aliphatic rings. The molecule has 2 amide bonds. The molecule has 2 fully saturated rings. The molecule has 1 N–H and O–H groups in total. The van der Waals surface area contributed by atoms with E-state index in [0.29, 0.717) is 46.1 Å². The van der Waals surface area contributed by atoms with Gasteiger partial charge in [0.05, 0.1) is 30.2 Å². The number of anilines is 5. The fourth-order valence-corrected chi connectivity index (χ4v) is 6.48. The Labute approximate surface area is 259 Å². The summed E-state index contributed by atoms with van der Waals surface area (Å²) < 4.78 is 5.71. The minimum absolute atomic E-state index is 0.0203. The van der Waals surface area contributed by atoms with Crippen molar-refractivity contribution >= 4 is 40.6 Å². The second kappa shape index (κ2) is 12.4. The third-order valence-corrected chi connectivity index (χ3v) is 9.06. The zero-order valence-corrected chi connectivity index (χ0v) is 26.3. The van der Waals surface area contributed by atoms with Gasteiger partial charge in [-0.05, 0) is 64.1 Å². The summed E-state index contributed by atoms with van der Waals surface area (Å²) in [5, 5.41) is 3.28. The highest BCUT2D eigenvalue weighted by Crippen LogP contribution is 2.41. The Morgan fingerprint density at radius 2 is 1.70 bits per heavy atom. The normalized spacial score (nSPS) is 18.2. The van der Waals surface area contributed by atoms with Crippen molar-refractivity contribution in [1.82, 2.24) is 24.7 Å². The summed E-state index contributed by atoms with van der Waals surface area (Å²) >= 11 is 0. The van der Waals surface area contributed by atoms with Crippen LogP contribution in [-0.4, -0.2) is 109 Å². The zero-order valence-electron chi connectivity index (χ0n) is 26.3. The van der Waals surface area contributed by atoms with Gasteiger partial charge in [0.1, 0.15) is 11.4 Å². The van der Waals surface area contributed by atoms with Crippen LogP contribution in [0.2, 0.25) is 0 Å². The van der Waals surface area contributed by atoms with Crippen molar-refractivity contribution in [1.29, 1.82) is 0 Å². The number of ether oxygens (including phenoxy) is 1. The smallest absolute Gasteiger partial charge is 0.260 e. The number of aromatic nitrogens is 2. The van der Waals surface area contributed by atoms with E-state index in [-0.39, 0.29) is 17.9 Å². The molecule has 0 atom stereocenters. The molecule has 2 saturated heterocycles. The van der Waals surface area contributed by atoms with Gasteiger partial charge in [0, 0.05) is 64.0 Å². The van der Waals surface area contributed by atoms with E-state index in [1.807, 2.05) is 41.3 Å². The summed E-state index contributed by atoms with van der Waals surface area (Å²) in [4.78, 5) is 46.8. The molecule has 6 rings (SSSR count). The van der Waals surface area contributed by atoms with Crippen LogP contribution in [0.1, 0.15) is 47.4 Å². The number of piperidine rings is 1. The van der Waals surface area contributed by atoms with Gasteiger partial charge in [0.2, 0.25) is 5.95 Å². The quantitative estimate of drug-likeness (QED) is 0.447. The Hall–Kier alpha value is -4.22. The molecule has 3 aliphatic heterocycles. The number of carbonyl (C=O) groups excluding carboxylic acids is 2. The first-order valence-electron chi connectivity index (χ1n) is 15.5. The minimum atomic E-state index is -0.111. The number of para-hydroxylation sites is 1. The summed E-state index contributed by atoms with van der Waals surface area (Å²) in [6.45, 7) is 10.1. The molecule has 0 bridgehead atoms. The number of likely N-dealkylation sites (N-methyl/N-ethyl adjacent to an activating group) is 1. The SMILES string of the molecule is COc1cc(C(=O)N2CCC(N3CCN(C)CC3)CC2)ccc1Nc1ncc2c(n1)N(C(C)C)c1ccccc1C(=O)N2C. The van der Waals surface area contributed by atoms with Gasteiger partial charge < -0.3 is 29.7 Å². The molecule has 232 valence electrons. The number of nitrogens with one attached hydrogen (secondary N) is 1. The number of benzene rings is 2. The molecule has 2 aromatic carbocycles. The largest absolute Gasteiger partial charge is 0.495 e. The summed E-state index contributed by atoms with van der Waals surface area (Å²) in [6, 6.07) is 13.6. The predicted octanol–water partition coefficient (Wildman–Crippen LogP) is 4.22. The van der Waals surface area contributed by atoms with Crippen molar-refractivity contribution in [2.45, 2.75) is 38.8 Å². The van der Waals surface area contributed by atoms with Crippen molar-refractivity contribution < 1.29 is 14.3 Å². The summed E-state index contributed by atoms with van der Waals surface area (Å²) in [7, 11) is 5.51. The molecule has 4 heterocycles. The minimum Gasteiger partial charge on any atom is -0.495 e. The Balaban J connectivity index is 1.20. The Morgan fingerprint density at radius 3 is 2.41 bits per heavy atom. The van der Waals surface area contributed by atoms with Gasteiger partial charge in [-0.2, -0.15) is 4.98 Å². The lowest BCUT2D eigenvalue weighted by atomic mass is 10.0. The standard InChI is InChI=1S/C33H42N8O3/c1-22(2)41-27-9-7-6-8-25(27)32(43)38(4)28-21-34-33(36-30(28)41)35-26-11-10-23(20-29(26)44-5)31(42)40-14-12-24(13-15-40)39-18-16-37(3)17-19-39/h6-11,20-22,24H,12-19H2,1-5H3,(H,34,35,36). The highest BCUT2D eigenvalue weighted by atomic mass is 16.5. The summed E-state index contributed by atoms with van der Waals surface area (Å²) in [6.07, 6.45) is 3.67. The van der Waals surface area contributed by atoms with E-state index in [1.54, 1.807) is 31.3 Å². The van der Waals surface area contributed by atoms with Crippen molar-refractivity contribution in [3.63, 3.8) is 0 Å². The average Bonchev–Trinajstić information content (AvgIpc) is 3.13. The summed E-state index contributed by atoms with van der Waals surface area (Å²) in [5.74, 6) is 1.42. The summed E-state index contributed by atoms with van der Waals surface area (Å²) in [5.41, 5.74) is 3.27. The lowest BCUT2D eigenvalue weighted by Gasteiger charge is -2.42. The van der Waals surface area contributed by atoms with Crippen LogP contribution in [0, 0.1) is 0 Å². The fraction of sp³-hybridized carbons (Fsp3) is 0.455. The molecule has 11 heteroatoms. The Kier molecular flexibility index (Phi) is 8.42. The van der Waals surface area contributed by atoms with E-state index in [0.717, 1.165) is 57.8 Å². The molecule has 3 aromatic rings. The average molecular weight is 599 g/mol. The first-order chi connectivity index (χ1) is 21.2. The van der Waals surface area contributed by atoms with Gasteiger partial charge in [-0.25, -0.2) is 4.98 Å². The number of rotatable bonds is 6. The molecule has 11 nitrogen and oxygen atoms in total. The van der Waals surface area contributed by atoms with Crippen LogP contribution < -0.4 is 19.9 Å². The molecule has 0 radical (unpaired) electrons. The van der Waals surface area contributed by atoms with Crippen LogP contribution in [0.3, 0.4) is 0 Å². The second-order valence-corrected chi connectivity index (χ2v) is 12.2. The van der Waals surface area contributed by atoms with Gasteiger partial charge in [0.25, 0.3) is 11.8 Å². The third-order valence-electron chi connectivity index (χ3n) is 9.06. The first kappa shape index (κ1) is 29.8. The van der Waals surface area contributed by atoms with Gasteiger partial charge in [-0.3, -0.25) is 14.5 Å². The van der Waals surface area contributed by atoms with Crippen LogP contribution in [0.15, 0.2) is 48.7 Å². The number of piperazine rings is 1. The molecule has 0 aliphatic carbocycles. The van der Waals surface area contributed by atoms with E-state index in [9.17, 15) is 9.59 Å². The van der Waals surface area contributed by atoms with Crippen molar-refractivity contribution in [2.75, 3.05) is 75.6 Å². The second-order valence-electron chi connectivity index (χ2n) is 12.2. The maximum absolute atomic E-state index is 13.5. The number of methoxy groups -OCH3 is 1. The van der Waals surface area contributed by atoms with Gasteiger partial charge >= 0.3 is 0 Å². The lowest BCUT2D eigenvalue weighted by Crippen LogP contribution is -2.52. The van der Waals surface area contributed by atoms with Gasteiger partial charge in [-0.15, -0.1) is 0 Å². The van der Waals surface area contributed by atoms with Crippen LogP contribution >= 0.6 is 0 Å². The molecule has 0 spiro atoms. The Morgan fingerprint density at radius 1 is 0.977 bits per heavy atom. The number of hydrogen-bond donors (Lipinski definition) is 1. The van der Waals surface area contributed by atoms with Gasteiger partial charge in [0.15, 0.2) is 5.82 Å². The molecule has 1 aromatic heterocycles. The molecule has 0 unspecified atom stereocenters. The molecular formula is C33H42N8O3. The number of hydrogen-bond acceptors (Lipinski definition) is 9. The van der Waals surface area contributed by atoms with E-state index in [4.69, 9.17) is 9.72 Å². The molecule has 0 saturated carbocycles. The number of likely N-dealkylation sites (tertiary alicyclic amines) is 1. The maximum atomic E-state index is 13.5. The van der Waals surface area contributed by atoms with Crippen LogP contribution in [-0.2, 0) is 0 Å². The zero-order chi connectivity index (χ0) is 31.0. The topological polar surface area (TPSA) is 97.4 Å². The highest BCUT2D eigenvalue weighted by molar-refractivity contribution is 6.13.